The molecule has 0 fully saturated rings. The molecular formula is C24H27F3O4. The quantitative estimate of drug-likeness (QED) is 0.544. The number of alkyl halides is 3. The third-order valence-electron chi connectivity index (χ3n) is 5.79. The van der Waals surface area contributed by atoms with Crippen LogP contribution < -0.4 is 5.63 Å². The van der Waals surface area contributed by atoms with Crippen LogP contribution in [0.25, 0.3) is 0 Å². The van der Waals surface area contributed by atoms with Crippen molar-refractivity contribution in [2.45, 2.75) is 70.6 Å². The highest BCUT2D eigenvalue weighted by Gasteiger charge is 2.42. The summed E-state index contributed by atoms with van der Waals surface area (Å²) in [6.07, 6.45) is 0.262. The first-order valence-electron chi connectivity index (χ1n) is 10.5. The van der Waals surface area contributed by atoms with Gasteiger partial charge in [0.2, 0.25) is 0 Å². The molecule has 0 bridgehead atoms. The van der Waals surface area contributed by atoms with Gasteiger partial charge in [-0.2, -0.15) is 13.2 Å². The van der Waals surface area contributed by atoms with Crippen molar-refractivity contribution in [2.24, 2.45) is 0 Å². The van der Waals surface area contributed by atoms with Crippen molar-refractivity contribution in [1.82, 2.24) is 0 Å². The van der Waals surface area contributed by atoms with Crippen LogP contribution in [0.3, 0.4) is 0 Å². The lowest BCUT2D eigenvalue weighted by molar-refractivity contribution is -0.137. The molecule has 2 aromatic rings. The molecule has 31 heavy (non-hydrogen) atoms. The van der Waals surface area contributed by atoms with Crippen molar-refractivity contribution in [3.63, 3.8) is 0 Å². The van der Waals surface area contributed by atoms with E-state index in [9.17, 15) is 23.1 Å². The number of aromatic hydroxyl groups is 1. The average Bonchev–Trinajstić information content (AvgIpc) is 3.06. The highest BCUT2D eigenvalue weighted by atomic mass is 19.4. The van der Waals surface area contributed by atoms with Gasteiger partial charge >= 0.3 is 11.8 Å². The van der Waals surface area contributed by atoms with Crippen molar-refractivity contribution < 1.29 is 27.4 Å². The Labute approximate surface area is 179 Å². The molecule has 0 saturated heterocycles. The van der Waals surface area contributed by atoms with E-state index in [-0.39, 0.29) is 17.2 Å². The molecule has 4 nitrogen and oxygen atoms in total. The van der Waals surface area contributed by atoms with E-state index in [1.807, 2.05) is 26.8 Å². The number of rotatable bonds is 7. The molecular weight excluding hydrogens is 409 g/mol. The van der Waals surface area contributed by atoms with E-state index in [1.54, 1.807) is 0 Å². The first-order chi connectivity index (χ1) is 14.6. The molecule has 2 heterocycles. The Morgan fingerprint density at radius 3 is 2.35 bits per heavy atom. The standard InChI is InChI=1S/C24H27F3O4/c1-4-11-23(12-10-15(3)31-23)21-19(28)14-20(30-22(21)29)17(5-2)13-16-6-8-18(9-7-16)24(25,26)27/h6-10,14,17,28H,4-5,11-13H2,1-3H3. The maximum absolute atomic E-state index is 12.9. The monoisotopic (exact) mass is 436 g/mol. The summed E-state index contributed by atoms with van der Waals surface area (Å²) >= 11 is 0. The van der Waals surface area contributed by atoms with E-state index in [0.717, 1.165) is 18.6 Å². The van der Waals surface area contributed by atoms with Crippen LogP contribution in [0.1, 0.15) is 74.8 Å². The van der Waals surface area contributed by atoms with Gasteiger partial charge in [0.1, 0.15) is 22.7 Å². The van der Waals surface area contributed by atoms with Gasteiger partial charge in [0, 0.05) is 18.4 Å². The van der Waals surface area contributed by atoms with Gasteiger partial charge in [-0.05, 0) is 50.0 Å². The van der Waals surface area contributed by atoms with Crippen LogP contribution in [0.4, 0.5) is 13.2 Å². The number of ether oxygens (including phenoxy) is 1. The minimum atomic E-state index is -4.39. The van der Waals surface area contributed by atoms with Crippen molar-refractivity contribution in [3.05, 3.63) is 75.0 Å². The summed E-state index contributed by atoms with van der Waals surface area (Å²) in [7, 11) is 0. The highest BCUT2D eigenvalue weighted by Crippen LogP contribution is 2.44. The topological polar surface area (TPSA) is 59.7 Å². The number of benzene rings is 1. The molecule has 0 saturated carbocycles. The molecule has 2 atom stereocenters. The van der Waals surface area contributed by atoms with Crippen LogP contribution in [-0.4, -0.2) is 5.11 Å². The van der Waals surface area contributed by atoms with E-state index < -0.39 is 23.0 Å². The Morgan fingerprint density at radius 1 is 1.19 bits per heavy atom. The molecule has 0 radical (unpaired) electrons. The van der Waals surface area contributed by atoms with Crippen LogP contribution in [0.15, 0.2) is 51.4 Å². The van der Waals surface area contributed by atoms with Gasteiger partial charge in [0.25, 0.3) is 0 Å². The molecule has 1 aromatic heterocycles. The molecule has 0 aliphatic carbocycles. The summed E-state index contributed by atoms with van der Waals surface area (Å²) in [5, 5.41) is 10.8. The summed E-state index contributed by atoms with van der Waals surface area (Å²) in [5.41, 5.74) is -1.48. The fourth-order valence-corrected chi connectivity index (χ4v) is 4.22. The van der Waals surface area contributed by atoms with Crippen LogP contribution in [0, 0.1) is 0 Å². The number of allylic oxidation sites excluding steroid dienone is 1. The largest absolute Gasteiger partial charge is 0.507 e. The second-order valence-electron chi connectivity index (χ2n) is 8.07. The van der Waals surface area contributed by atoms with Crippen LogP contribution in [0.5, 0.6) is 5.75 Å². The molecule has 1 aliphatic rings. The van der Waals surface area contributed by atoms with Crippen molar-refractivity contribution in [2.75, 3.05) is 0 Å². The number of hydrogen-bond acceptors (Lipinski definition) is 4. The van der Waals surface area contributed by atoms with E-state index >= 15 is 0 Å². The second-order valence-corrected chi connectivity index (χ2v) is 8.07. The summed E-state index contributed by atoms with van der Waals surface area (Å²) in [5.74, 6) is 0.567. The summed E-state index contributed by atoms with van der Waals surface area (Å²) < 4.78 is 49.9. The molecule has 7 heteroatoms. The van der Waals surface area contributed by atoms with Crippen LogP contribution in [-0.2, 0) is 22.9 Å². The van der Waals surface area contributed by atoms with Crippen molar-refractivity contribution in [3.8, 4) is 5.75 Å². The molecule has 1 N–H and O–H groups in total. The predicted molar refractivity (Wildman–Crippen MR) is 111 cm³/mol. The van der Waals surface area contributed by atoms with Gasteiger partial charge in [-0.3, -0.25) is 0 Å². The molecule has 0 spiro atoms. The number of halogens is 3. The fraction of sp³-hybridized carbons (Fsp3) is 0.458. The van der Waals surface area contributed by atoms with Gasteiger partial charge in [0.15, 0.2) is 0 Å². The van der Waals surface area contributed by atoms with E-state index in [4.69, 9.17) is 9.15 Å². The van der Waals surface area contributed by atoms with Crippen molar-refractivity contribution >= 4 is 0 Å². The maximum Gasteiger partial charge on any atom is 0.416 e. The van der Waals surface area contributed by atoms with Gasteiger partial charge in [0.05, 0.1) is 11.3 Å². The minimum absolute atomic E-state index is 0.121. The maximum atomic E-state index is 12.9. The molecule has 1 aliphatic heterocycles. The SMILES string of the molecule is CCCC1(c2c(O)cc(C(CC)Cc3ccc(C(F)(F)F)cc3)oc2=O)CC=C(C)O1. The van der Waals surface area contributed by atoms with Crippen molar-refractivity contribution in [1.29, 1.82) is 0 Å². The zero-order valence-electron chi connectivity index (χ0n) is 17.9. The molecule has 2 unspecified atom stereocenters. The van der Waals surface area contributed by atoms with Gasteiger partial charge in [-0.15, -0.1) is 0 Å². The molecule has 0 amide bonds. The average molecular weight is 436 g/mol. The highest BCUT2D eigenvalue weighted by molar-refractivity contribution is 5.38. The lowest BCUT2D eigenvalue weighted by Gasteiger charge is -2.29. The molecule has 1 aromatic carbocycles. The number of hydrogen-bond donors (Lipinski definition) is 1. The smallest absolute Gasteiger partial charge is 0.416 e. The normalized spacial score (nSPS) is 19.7. The first-order valence-corrected chi connectivity index (χ1v) is 10.5. The Hall–Kier alpha value is -2.70. The summed E-state index contributed by atoms with van der Waals surface area (Å²) in [6.45, 7) is 5.68. The predicted octanol–water partition coefficient (Wildman–Crippen LogP) is 6.42. The van der Waals surface area contributed by atoms with Gasteiger partial charge in [-0.25, -0.2) is 4.79 Å². The zero-order chi connectivity index (χ0) is 22.8. The first kappa shape index (κ1) is 23.0. The Balaban J connectivity index is 1.89. The Kier molecular flexibility index (Phi) is 6.53. The fourth-order valence-electron chi connectivity index (χ4n) is 4.22. The lowest BCUT2D eigenvalue weighted by atomic mass is 9.86. The van der Waals surface area contributed by atoms with Gasteiger partial charge in [-0.1, -0.05) is 32.4 Å². The Morgan fingerprint density at radius 2 is 1.87 bits per heavy atom. The third-order valence-corrected chi connectivity index (χ3v) is 5.79. The Bertz CT molecular complexity index is 1000. The second kappa shape index (κ2) is 8.81. The lowest BCUT2D eigenvalue weighted by Crippen LogP contribution is -2.32. The van der Waals surface area contributed by atoms with E-state index in [0.29, 0.717) is 42.8 Å². The summed E-state index contributed by atoms with van der Waals surface area (Å²) in [4.78, 5) is 12.9. The van der Waals surface area contributed by atoms with Gasteiger partial charge < -0.3 is 14.3 Å². The molecule has 3 rings (SSSR count). The zero-order valence-corrected chi connectivity index (χ0v) is 17.9. The third kappa shape index (κ3) is 4.81. The van der Waals surface area contributed by atoms with Crippen LogP contribution >= 0.6 is 0 Å². The van der Waals surface area contributed by atoms with E-state index in [2.05, 4.69) is 0 Å². The van der Waals surface area contributed by atoms with E-state index in [1.165, 1.54) is 18.2 Å². The minimum Gasteiger partial charge on any atom is -0.507 e. The molecule has 168 valence electrons. The van der Waals surface area contributed by atoms with Crippen LogP contribution in [0.2, 0.25) is 0 Å². The summed E-state index contributed by atoms with van der Waals surface area (Å²) in [6, 6.07) is 6.38.